The van der Waals surface area contributed by atoms with E-state index in [2.05, 4.69) is 38.9 Å². The SMILES string of the molecule is CC(C)(C)OC(=O)N[C@@H]1CCCN(c2nc3c(I)csc3c(=O)n2Cc2ccccc2C#N)C1. The van der Waals surface area contributed by atoms with Gasteiger partial charge in [0.05, 0.1) is 21.7 Å². The zero-order valence-corrected chi connectivity index (χ0v) is 22.3. The number of hydrogen-bond acceptors (Lipinski definition) is 7. The van der Waals surface area contributed by atoms with Gasteiger partial charge in [0, 0.05) is 24.5 Å². The molecule has 10 heteroatoms. The molecular formula is C24H26IN5O3S. The van der Waals surface area contributed by atoms with E-state index in [9.17, 15) is 14.9 Å². The fraction of sp³-hybridized carbons (Fsp3) is 0.417. The lowest BCUT2D eigenvalue weighted by molar-refractivity contribution is 0.0499. The van der Waals surface area contributed by atoms with Gasteiger partial charge in [-0.25, -0.2) is 9.78 Å². The van der Waals surface area contributed by atoms with Crippen LogP contribution < -0.4 is 15.8 Å². The third kappa shape index (κ3) is 5.36. The molecule has 0 spiro atoms. The van der Waals surface area contributed by atoms with Crippen molar-refractivity contribution in [2.24, 2.45) is 0 Å². The van der Waals surface area contributed by atoms with Crippen LogP contribution in [-0.2, 0) is 11.3 Å². The molecule has 1 aliphatic rings. The van der Waals surface area contributed by atoms with Gasteiger partial charge in [-0.05, 0) is 67.8 Å². The first-order chi connectivity index (χ1) is 16.2. The van der Waals surface area contributed by atoms with Gasteiger partial charge >= 0.3 is 6.09 Å². The van der Waals surface area contributed by atoms with Gasteiger partial charge in [-0.1, -0.05) is 18.2 Å². The molecule has 1 N–H and O–H groups in total. The second-order valence-electron chi connectivity index (χ2n) is 9.26. The highest BCUT2D eigenvalue weighted by molar-refractivity contribution is 14.1. The summed E-state index contributed by atoms with van der Waals surface area (Å²) in [5.74, 6) is 0.553. The van der Waals surface area contributed by atoms with Crippen LogP contribution >= 0.6 is 33.9 Å². The van der Waals surface area contributed by atoms with E-state index in [4.69, 9.17) is 9.72 Å². The predicted octanol–water partition coefficient (Wildman–Crippen LogP) is 4.48. The Hall–Kier alpha value is -2.65. The van der Waals surface area contributed by atoms with Gasteiger partial charge in [0.25, 0.3) is 5.56 Å². The number of hydrogen-bond donors (Lipinski definition) is 1. The van der Waals surface area contributed by atoms with Crippen LogP contribution in [0.15, 0.2) is 34.4 Å². The third-order valence-corrected chi connectivity index (χ3v) is 7.71. The highest BCUT2D eigenvalue weighted by atomic mass is 127. The number of ether oxygens (including phenoxy) is 1. The topological polar surface area (TPSA) is 100 Å². The summed E-state index contributed by atoms with van der Waals surface area (Å²) in [5, 5.41) is 14.4. The molecule has 34 heavy (non-hydrogen) atoms. The van der Waals surface area contributed by atoms with Gasteiger partial charge in [-0.3, -0.25) is 9.36 Å². The van der Waals surface area contributed by atoms with E-state index in [1.54, 1.807) is 10.6 Å². The average molecular weight is 591 g/mol. The molecule has 1 amide bonds. The first kappa shape index (κ1) is 24.5. The van der Waals surface area contributed by atoms with E-state index < -0.39 is 11.7 Å². The molecule has 2 aromatic heterocycles. The van der Waals surface area contributed by atoms with Crippen LogP contribution in [0.4, 0.5) is 10.7 Å². The standard InChI is InChI=1S/C24H26IN5O3S/c1-24(2,3)33-23(32)27-17-9-6-10-29(13-17)22-28-19-18(25)14-34-20(19)21(31)30(22)12-16-8-5-4-7-15(16)11-26/h4-5,7-8,14,17H,6,9-10,12-13H2,1-3H3,(H,27,32)/t17-/m1/s1. The van der Waals surface area contributed by atoms with Crippen molar-refractivity contribution in [3.8, 4) is 6.07 Å². The van der Waals surface area contributed by atoms with Crippen molar-refractivity contribution in [2.75, 3.05) is 18.0 Å². The molecule has 0 unspecified atom stereocenters. The number of carbonyl (C=O) groups excluding carboxylic acids is 1. The van der Waals surface area contributed by atoms with E-state index in [1.807, 2.05) is 44.4 Å². The lowest BCUT2D eigenvalue weighted by Gasteiger charge is -2.35. The summed E-state index contributed by atoms with van der Waals surface area (Å²) < 4.78 is 8.61. The molecule has 4 rings (SSSR count). The Kier molecular flexibility index (Phi) is 7.14. The molecule has 0 aliphatic carbocycles. The van der Waals surface area contributed by atoms with Gasteiger partial charge in [0.2, 0.25) is 5.95 Å². The minimum Gasteiger partial charge on any atom is -0.444 e. The van der Waals surface area contributed by atoms with Crippen molar-refractivity contribution in [3.63, 3.8) is 0 Å². The maximum Gasteiger partial charge on any atom is 0.407 e. The van der Waals surface area contributed by atoms with Gasteiger partial charge < -0.3 is 15.0 Å². The zero-order chi connectivity index (χ0) is 24.5. The molecule has 3 heterocycles. The largest absolute Gasteiger partial charge is 0.444 e. The van der Waals surface area contributed by atoms with Gasteiger partial charge in [-0.2, -0.15) is 5.26 Å². The van der Waals surface area contributed by atoms with Gasteiger partial charge in [0.1, 0.15) is 15.8 Å². The summed E-state index contributed by atoms with van der Waals surface area (Å²) in [7, 11) is 0. The number of piperidine rings is 1. The van der Waals surface area contributed by atoms with Crippen LogP contribution in [0, 0.1) is 14.9 Å². The van der Waals surface area contributed by atoms with E-state index >= 15 is 0 Å². The first-order valence-corrected chi connectivity index (χ1v) is 13.0. The fourth-order valence-electron chi connectivity index (χ4n) is 4.03. The number of thiophene rings is 1. The number of fused-ring (bicyclic) bond motifs is 1. The van der Waals surface area contributed by atoms with Crippen molar-refractivity contribution < 1.29 is 9.53 Å². The minimum absolute atomic E-state index is 0.122. The quantitative estimate of drug-likeness (QED) is 0.450. The molecule has 0 saturated carbocycles. The summed E-state index contributed by atoms with van der Waals surface area (Å²) in [6.07, 6.45) is 1.20. The molecule has 3 aromatic rings. The number of rotatable bonds is 4. The van der Waals surface area contributed by atoms with E-state index in [0.717, 1.165) is 22.0 Å². The molecule has 1 saturated heterocycles. The van der Waals surface area contributed by atoms with E-state index in [0.29, 0.717) is 34.8 Å². The first-order valence-electron chi connectivity index (χ1n) is 11.1. The third-order valence-electron chi connectivity index (χ3n) is 5.51. The van der Waals surface area contributed by atoms with Crippen LogP contribution in [0.1, 0.15) is 44.7 Å². The Morgan fingerprint density at radius 3 is 2.88 bits per heavy atom. The van der Waals surface area contributed by atoms with Gasteiger partial charge in [-0.15, -0.1) is 11.3 Å². The van der Waals surface area contributed by atoms with Crippen LogP contribution in [0.3, 0.4) is 0 Å². The number of anilines is 1. The highest BCUT2D eigenvalue weighted by Crippen LogP contribution is 2.27. The van der Waals surface area contributed by atoms with Crippen molar-refractivity contribution in [1.82, 2.24) is 14.9 Å². The Balaban J connectivity index is 1.70. The maximum absolute atomic E-state index is 13.6. The van der Waals surface area contributed by atoms with E-state index in [-0.39, 0.29) is 18.1 Å². The van der Waals surface area contributed by atoms with Crippen molar-refractivity contribution >= 4 is 56.2 Å². The molecule has 178 valence electrons. The summed E-state index contributed by atoms with van der Waals surface area (Å²) in [4.78, 5) is 32.9. The second kappa shape index (κ2) is 9.92. The number of amides is 1. The Morgan fingerprint density at radius 1 is 1.38 bits per heavy atom. The number of nitrogens with one attached hydrogen (secondary N) is 1. The summed E-state index contributed by atoms with van der Waals surface area (Å²) >= 11 is 3.59. The van der Waals surface area contributed by atoms with Gasteiger partial charge in [0.15, 0.2) is 0 Å². The zero-order valence-electron chi connectivity index (χ0n) is 19.3. The number of halogens is 1. The lowest BCUT2D eigenvalue weighted by atomic mass is 10.1. The fourth-order valence-corrected chi connectivity index (χ4v) is 5.80. The monoisotopic (exact) mass is 591 g/mol. The maximum atomic E-state index is 13.6. The van der Waals surface area contributed by atoms with Crippen LogP contribution in [0.2, 0.25) is 0 Å². The smallest absolute Gasteiger partial charge is 0.407 e. The average Bonchev–Trinajstić information content (AvgIpc) is 3.15. The second-order valence-corrected chi connectivity index (χ2v) is 11.3. The van der Waals surface area contributed by atoms with Crippen molar-refractivity contribution in [2.45, 2.75) is 51.8 Å². The highest BCUT2D eigenvalue weighted by Gasteiger charge is 2.28. The molecule has 8 nitrogen and oxygen atoms in total. The molecule has 1 aromatic carbocycles. The van der Waals surface area contributed by atoms with Crippen LogP contribution in [-0.4, -0.2) is 40.4 Å². The molecule has 1 fully saturated rings. The predicted molar refractivity (Wildman–Crippen MR) is 141 cm³/mol. The number of benzene rings is 1. The van der Waals surface area contributed by atoms with E-state index in [1.165, 1.54) is 11.3 Å². The molecular weight excluding hydrogens is 565 g/mol. The van der Waals surface area contributed by atoms with Crippen molar-refractivity contribution in [3.05, 3.63) is 54.7 Å². The molecule has 0 bridgehead atoms. The number of aromatic nitrogens is 2. The number of alkyl carbamates (subject to hydrolysis) is 1. The van der Waals surface area contributed by atoms with Crippen molar-refractivity contribution in [1.29, 1.82) is 5.26 Å². The Morgan fingerprint density at radius 2 is 2.15 bits per heavy atom. The summed E-state index contributed by atoms with van der Waals surface area (Å²) in [6, 6.07) is 9.37. The number of nitrogens with zero attached hydrogens (tertiary/aromatic N) is 4. The number of nitriles is 1. The summed E-state index contributed by atoms with van der Waals surface area (Å²) in [5.41, 5.74) is 1.29. The van der Waals surface area contributed by atoms with Crippen LogP contribution in [0.25, 0.3) is 10.2 Å². The lowest BCUT2D eigenvalue weighted by Crippen LogP contribution is -2.50. The normalized spacial score (nSPS) is 16.3. The molecule has 1 atom stereocenters. The molecule has 1 aliphatic heterocycles. The van der Waals surface area contributed by atoms with Crippen LogP contribution in [0.5, 0.6) is 0 Å². The Labute approximate surface area is 215 Å². The summed E-state index contributed by atoms with van der Waals surface area (Å²) in [6.45, 7) is 6.97. The minimum atomic E-state index is -0.574. The number of carbonyl (C=O) groups is 1. The molecule has 0 radical (unpaired) electrons. The Bertz CT molecular complexity index is 1320.